The van der Waals surface area contributed by atoms with Crippen molar-refractivity contribution in [2.45, 2.75) is 37.5 Å². The van der Waals surface area contributed by atoms with E-state index in [-0.39, 0.29) is 18.2 Å². The Kier molecular flexibility index (Phi) is 5.49. The maximum Gasteiger partial charge on any atom is 0.416 e. The SMILES string of the molecule is C[C@H](Nc1nccc(N2C(=O)OC3(CCOCC3)C2c2ccccc2)n1)c1ccccc1. The second-order valence-corrected chi connectivity index (χ2v) is 8.24. The zero-order valence-corrected chi connectivity index (χ0v) is 18.0. The lowest BCUT2D eigenvalue weighted by molar-refractivity contribution is -0.0590. The molecule has 3 aromatic rings. The molecule has 2 saturated heterocycles. The average molecular weight is 431 g/mol. The first-order chi connectivity index (χ1) is 15.7. The number of aromatic nitrogens is 2. The van der Waals surface area contributed by atoms with Crippen LogP contribution in [0.2, 0.25) is 0 Å². The van der Waals surface area contributed by atoms with Crippen LogP contribution in [-0.4, -0.2) is 34.9 Å². The highest BCUT2D eigenvalue weighted by molar-refractivity contribution is 5.90. The van der Waals surface area contributed by atoms with E-state index in [1.54, 1.807) is 17.2 Å². The van der Waals surface area contributed by atoms with Crippen LogP contribution in [0.5, 0.6) is 0 Å². The van der Waals surface area contributed by atoms with Crippen molar-refractivity contribution in [3.05, 3.63) is 84.1 Å². The van der Waals surface area contributed by atoms with Crippen LogP contribution in [0.15, 0.2) is 72.9 Å². The molecule has 7 heteroatoms. The summed E-state index contributed by atoms with van der Waals surface area (Å²) >= 11 is 0. The molecule has 3 heterocycles. The number of rotatable bonds is 5. The number of nitrogens with one attached hydrogen (secondary N) is 1. The molecule has 0 radical (unpaired) electrons. The quantitative estimate of drug-likeness (QED) is 0.621. The van der Waals surface area contributed by atoms with E-state index in [0.29, 0.717) is 37.8 Å². The maximum absolute atomic E-state index is 13.2. The fourth-order valence-electron chi connectivity index (χ4n) is 4.60. The van der Waals surface area contributed by atoms with Crippen molar-refractivity contribution < 1.29 is 14.3 Å². The molecule has 2 aliphatic rings. The van der Waals surface area contributed by atoms with Crippen molar-refractivity contribution in [3.8, 4) is 0 Å². The van der Waals surface area contributed by atoms with Gasteiger partial charge in [0.2, 0.25) is 5.95 Å². The van der Waals surface area contributed by atoms with Gasteiger partial charge in [-0.1, -0.05) is 60.7 Å². The van der Waals surface area contributed by atoms with Crippen molar-refractivity contribution in [1.82, 2.24) is 9.97 Å². The minimum Gasteiger partial charge on any atom is -0.440 e. The third-order valence-electron chi connectivity index (χ3n) is 6.23. The van der Waals surface area contributed by atoms with E-state index in [9.17, 15) is 4.79 Å². The molecule has 32 heavy (non-hydrogen) atoms. The van der Waals surface area contributed by atoms with Crippen LogP contribution >= 0.6 is 0 Å². The van der Waals surface area contributed by atoms with Crippen molar-refractivity contribution in [3.63, 3.8) is 0 Å². The number of anilines is 2. The normalized spacial score (nSPS) is 20.7. The number of ether oxygens (including phenoxy) is 2. The third-order valence-corrected chi connectivity index (χ3v) is 6.23. The highest BCUT2D eigenvalue weighted by Crippen LogP contribution is 2.48. The molecule has 0 aliphatic carbocycles. The monoisotopic (exact) mass is 430 g/mol. The van der Waals surface area contributed by atoms with Crippen molar-refractivity contribution in [1.29, 1.82) is 0 Å². The zero-order valence-electron chi connectivity index (χ0n) is 18.0. The summed E-state index contributed by atoms with van der Waals surface area (Å²) in [5, 5.41) is 3.34. The summed E-state index contributed by atoms with van der Waals surface area (Å²) in [7, 11) is 0. The van der Waals surface area contributed by atoms with Crippen molar-refractivity contribution in [2.75, 3.05) is 23.4 Å². The van der Waals surface area contributed by atoms with Gasteiger partial charge >= 0.3 is 6.09 Å². The van der Waals surface area contributed by atoms with Gasteiger partial charge in [0, 0.05) is 19.0 Å². The minimum absolute atomic E-state index is 0.0173. The van der Waals surface area contributed by atoms with Gasteiger partial charge in [0.1, 0.15) is 17.5 Å². The Morgan fingerprint density at radius 2 is 1.72 bits per heavy atom. The fourth-order valence-corrected chi connectivity index (χ4v) is 4.60. The Balaban J connectivity index is 1.48. The molecule has 1 amide bonds. The molecule has 2 aromatic carbocycles. The van der Waals surface area contributed by atoms with E-state index in [2.05, 4.69) is 29.4 Å². The smallest absolute Gasteiger partial charge is 0.416 e. The van der Waals surface area contributed by atoms with Gasteiger partial charge in [0.05, 0.1) is 19.3 Å². The van der Waals surface area contributed by atoms with E-state index in [1.807, 2.05) is 48.5 Å². The molecule has 0 bridgehead atoms. The summed E-state index contributed by atoms with van der Waals surface area (Å²) in [6.07, 6.45) is 2.58. The topological polar surface area (TPSA) is 76.6 Å². The lowest BCUT2D eigenvalue weighted by atomic mass is 9.82. The van der Waals surface area contributed by atoms with Crippen LogP contribution in [-0.2, 0) is 9.47 Å². The van der Waals surface area contributed by atoms with E-state index < -0.39 is 5.60 Å². The average Bonchev–Trinajstić information content (AvgIpc) is 3.11. The Hall–Kier alpha value is -3.45. The predicted molar refractivity (Wildman–Crippen MR) is 121 cm³/mol. The van der Waals surface area contributed by atoms with Gasteiger partial charge in [-0.25, -0.2) is 14.7 Å². The number of hydrogen-bond donors (Lipinski definition) is 1. The van der Waals surface area contributed by atoms with Gasteiger partial charge in [-0.15, -0.1) is 0 Å². The molecule has 1 unspecified atom stereocenters. The highest BCUT2D eigenvalue weighted by Gasteiger charge is 2.56. The predicted octanol–water partition coefficient (Wildman–Crippen LogP) is 4.90. The fraction of sp³-hybridized carbons (Fsp3) is 0.320. The highest BCUT2D eigenvalue weighted by atomic mass is 16.6. The lowest BCUT2D eigenvalue weighted by Gasteiger charge is -2.37. The van der Waals surface area contributed by atoms with Gasteiger partial charge < -0.3 is 14.8 Å². The molecule has 2 fully saturated rings. The van der Waals surface area contributed by atoms with E-state index in [0.717, 1.165) is 11.1 Å². The van der Waals surface area contributed by atoms with Crippen LogP contribution in [0.4, 0.5) is 16.6 Å². The van der Waals surface area contributed by atoms with E-state index in [4.69, 9.17) is 14.5 Å². The largest absolute Gasteiger partial charge is 0.440 e. The summed E-state index contributed by atoms with van der Waals surface area (Å²) in [4.78, 5) is 23.9. The molecule has 1 aromatic heterocycles. The molecule has 164 valence electrons. The Morgan fingerprint density at radius 1 is 1.03 bits per heavy atom. The lowest BCUT2D eigenvalue weighted by Crippen LogP contribution is -2.43. The second kappa shape index (κ2) is 8.59. The Labute approximate surface area is 187 Å². The molecule has 1 N–H and O–H groups in total. The van der Waals surface area contributed by atoms with Crippen LogP contribution in [0.25, 0.3) is 0 Å². The summed E-state index contributed by atoms with van der Waals surface area (Å²) in [6.45, 7) is 3.19. The number of amides is 1. The van der Waals surface area contributed by atoms with Crippen LogP contribution in [0.1, 0.15) is 43.0 Å². The molecular formula is C25H26N4O3. The van der Waals surface area contributed by atoms with Gasteiger partial charge in [-0.2, -0.15) is 4.98 Å². The number of hydrogen-bond acceptors (Lipinski definition) is 6. The maximum atomic E-state index is 13.2. The second-order valence-electron chi connectivity index (χ2n) is 8.24. The zero-order chi connectivity index (χ0) is 22.0. The molecule has 2 aliphatic heterocycles. The number of carbonyl (C=O) groups excluding carboxylic acids is 1. The molecule has 7 nitrogen and oxygen atoms in total. The first-order valence-electron chi connectivity index (χ1n) is 11.0. The van der Waals surface area contributed by atoms with Crippen LogP contribution in [0, 0.1) is 0 Å². The summed E-state index contributed by atoms with van der Waals surface area (Å²) in [5.74, 6) is 0.983. The first kappa shape index (κ1) is 20.5. The Morgan fingerprint density at radius 3 is 2.44 bits per heavy atom. The standard InChI is InChI=1S/C25H26N4O3/c1-18(19-8-4-2-5-9-19)27-23-26-15-12-21(28-23)29-22(20-10-6-3-7-11-20)25(32-24(29)30)13-16-31-17-14-25/h2-12,15,18,22H,13-14,16-17H2,1H3,(H,26,27,28)/t18-,22?/m0/s1. The summed E-state index contributed by atoms with van der Waals surface area (Å²) < 4.78 is 11.6. The van der Waals surface area contributed by atoms with Gasteiger partial charge in [-0.05, 0) is 24.1 Å². The summed E-state index contributed by atoms with van der Waals surface area (Å²) in [6, 6.07) is 21.6. The molecule has 2 atom stereocenters. The van der Waals surface area contributed by atoms with Gasteiger partial charge in [0.25, 0.3) is 0 Å². The van der Waals surface area contributed by atoms with Crippen LogP contribution < -0.4 is 10.2 Å². The van der Waals surface area contributed by atoms with E-state index in [1.165, 1.54) is 0 Å². The Bertz CT molecular complexity index is 1070. The number of carbonyl (C=O) groups is 1. The summed E-state index contributed by atoms with van der Waals surface area (Å²) in [5.41, 5.74) is 1.52. The molecule has 5 rings (SSSR count). The molecular weight excluding hydrogens is 404 g/mol. The van der Waals surface area contributed by atoms with Crippen LogP contribution in [0.3, 0.4) is 0 Å². The number of benzene rings is 2. The molecule has 1 spiro atoms. The molecule has 0 saturated carbocycles. The first-order valence-corrected chi connectivity index (χ1v) is 11.0. The van der Waals surface area contributed by atoms with Gasteiger partial charge in [0.15, 0.2) is 0 Å². The van der Waals surface area contributed by atoms with Crippen molar-refractivity contribution >= 4 is 17.9 Å². The van der Waals surface area contributed by atoms with Crippen molar-refractivity contribution in [2.24, 2.45) is 0 Å². The third kappa shape index (κ3) is 3.80. The minimum atomic E-state index is -0.632. The van der Waals surface area contributed by atoms with E-state index >= 15 is 0 Å². The van der Waals surface area contributed by atoms with Gasteiger partial charge in [-0.3, -0.25) is 0 Å². The number of nitrogens with zero attached hydrogens (tertiary/aromatic N) is 3.